The summed E-state index contributed by atoms with van der Waals surface area (Å²) >= 11 is 0. The predicted molar refractivity (Wildman–Crippen MR) is 82.1 cm³/mol. The number of carboxylic acid groups (broad SMARTS) is 1. The zero-order valence-electron chi connectivity index (χ0n) is 13.0. The molecule has 0 spiro atoms. The zero-order valence-corrected chi connectivity index (χ0v) is 13.0. The summed E-state index contributed by atoms with van der Waals surface area (Å²) in [5.41, 5.74) is 1.09. The van der Waals surface area contributed by atoms with Crippen molar-refractivity contribution in [3.63, 3.8) is 0 Å². The number of ether oxygens (including phenoxy) is 1. The van der Waals surface area contributed by atoms with Gasteiger partial charge in [-0.2, -0.15) is 0 Å². The molecule has 0 aliphatic heterocycles. The number of rotatable bonds is 8. The summed E-state index contributed by atoms with van der Waals surface area (Å²) in [7, 11) is 1.92. The summed E-state index contributed by atoms with van der Waals surface area (Å²) in [5, 5.41) is 9.21. The fourth-order valence-electron chi connectivity index (χ4n) is 2.00. The molecule has 116 valence electrons. The van der Waals surface area contributed by atoms with E-state index in [1.54, 1.807) is 12.1 Å². The van der Waals surface area contributed by atoms with E-state index in [2.05, 4.69) is 4.98 Å². The number of nitrogens with zero attached hydrogens (tertiary/aromatic N) is 2. The van der Waals surface area contributed by atoms with Gasteiger partial charge in [0.25, 0.3) is 0 Å². The lowest BCUT2D eigenvalue weighted by molar-refractivity contribution is 0.0696. The molecule has 1 fully saturated rings. The number of pyridine rings is 1. The molecular formula is C16H24N2O3. The van der Waals surface area contributed by atoms with Crippen LogP contribution >= 0.6 is 0 Å². The van der Waals surface area contributed by atoms with Crippen molar-refractivity contribution in [1.29, 1.82) is 0 Å². The Labute approximate surface area is 125 Å². The van der Waals surface area contributed by atoms with E-state index in [-0.39, 0.29) is 11.5 Å². The SMILES string of the molecule is CC(C)c1cc(C(=O)O)cc(N(C)CCOCC2CC2)n1. The number of hydrogen-bond donors (Lipinski definition) is 1. The Bertz CT molecular complexity index is 498. The lowest BCUT2D eigenvalue weighted by Crippen LogP contribution is -2.24. The van der Waals surface area contributed by atoms with E-state index in [1.807, 2.05) is 25.8 Å². The van der Waals surface area contributed by atoms with Crippen molar-refractivity contribution in [3.8, 4) is 0 Å². The Balaban J connectivity index is 1.99. The molecule has 1 aliphatic rings. The highest BCUT2D eigenvalue weighted by Gasteiger charge is 2.21. The number of carbonyl (C=O) groups is 1. The second-order valence-electron chi connectivity index (χ2n) is 6.04. The van der Waals surface area contributed by atoms with E-state index in [9.17, 15) is 9.90 Å². The van der Waals surface area contributed by atoms with Crippen molar-refractivity contribution in [1.82, 2.24) is 4.98 Å². The Kier molecular flexibility index (Phi) is 5.17. The van der Waals surface area contributed by atoms with Crippen molar-refractivity contribution in [3.05, 3.63) is 23.4 Å². The number of aromatic nitrogens is 1. The molecule has 1 aromatic rings. The van der Waals surface area contributed by atoms with E-state index >= 15 is 0 Å². The molecule has 0 aromatic carbocycles. The quantitative estimate of drug-likeness (QED) is 0.746. The van der Waals surface area contributed by atoms with Crippen LogP contribution in [0, 0.1) is 5.92 Å². The van der Waals surface area contributed by atoms with Crippen molar-refractivity contribution in [2.75, 3.05) is 31.7 Å². The van der Waals surface area contributed by atoms with Gasteiger partial charge in [0, 0.05) is 25.9 Å². The summed E-state index contributed by atoms with van der Waals surface area (Å²) in [5.74, 6) is 0.728. The zero-order chi connectivity index (χ0) is 15.4. The van der Waals surface area contributed by atoms with Crippen molar-refractivity contribution >= 4 is 11.8 Å². The van der Waals surface area contributed by atoms with E-state index in [1.165, 1.54) is 12.8 Å². The Morgan fingerprint density at radius 2 is 2.19 bits per heavy atom. The van der Waals surface area contributed by atoms with Crippen LogP contribution in [0.1, 0.15) is 48.7 Å². The summed E-state index contributed by atoms with van der Waals surface area (Å²) in [6.07, 6.45) is 2.58. The van der Waals surface area contributed by atoms with Crippen LogP contribution in [0.2, 0.25) is 0 Å². The molecule has 2 rings (SSSR count). The summed E-state index contributed by atoms with van der Waals surface area (Å²) in [6.45, 7) is 6.21. The number of aromatic carboxylic acids is 1. The third-order valence-electron chi connectivity index (χ3n) is 3.68. The number of anilines is 1. The molecule has 0 atom stereocenters. The Morgan fingerprint density at radius 1 is 1.48 bits per heavy atom. The Morgan fingerprint density at radius 3 is 2.76 bits per heavy atom. The van der Waals surface area contributed by atoms with Gasteiger partial charge in [-0.1, -0.05) is 13.8 Å². The van der Waals surface area contributed by atoms with Crippen molar-refractivity contribution < 1.29 is 14.6 Å². The van der Waals surface area contributed by atoms with Crippen LogP contribution in [-0.4, -0.2) is 42.9 Å². The molecule has 0 amide bonds. The van der Waals surface area contributed by atoms with Gasteiger partial charge >= 0.3 is 5.97 Å². The third-order valence-corrected chi connectivity index (χ3v) is 3.68. The molecular weight excluding hydrogens is 268 g/mol. The van der Waals surface area contributed by atoms with Gasteiger partial charge in [0.15, 0.2) is 0 Å². The van der Waals surface area contributed by atoms with Gasteiger partial charge in [-0.15, -0.1) is 0 Å². The maximum absolute atomic E-state index is 11.2. The van der Waals surface area contributed by atoms with E-state index < -0.39 is 5.97 Å². The van der Waals surface area contributed by atoms with Gasteiger partial charge in [0.05, 0.1) is 12.2 Å². The number of hydrogen-bond acceptors (Lipinski definition) is 4. The van der Waals surface area contributed by atoms with Crippen LogP contribution in [0.3, 0.4) is 0 Å². The van der Waals surface area contributed by atoms with E-state index in [4.69, 9.17) is 4.74 Å². The minimum atomic E-state index is -0.918. The first-order chi connectivity index (χ1) is 9.97. The molecule has 21 heavy (non-hydrogen) atoms. The highest BCUT2D eigenvalue weighted by molar-refractivity contribution is 5.88. The van der Waals surface area contributed by atoms with Crippen LogP contribution in [0.25, 0.3) is 0 Å². The highest BCUT2D eigenvalue weighted by Crippen LogP contribution is 2.28. The highest BCUT2D eigenvalue weighted by atomic mass is 16.5. The average molecular weight is 292 g/mol. The lowest BCUT2D eigenvalue weighted by atomic mass is 10.1. The summed E-state index contributed by atoms with van der Waals surface area (Å²) in [6, 6.07) is 3.27. The van der Waals surface area contributed by atoms with Gasteiger partial charge in [-0.25, -0.2) is 9.78 Å². The smallest absolute Gasteiger partial charge is 0.335 e. The van der Waals surface area contributed by atoms with Crippen molar-refractivity contribution in [2.24, 2.45) is 5.92 Å². The first kappa shape index (κ1) is 15.8. The number of likely N-dealkylation sites (N-methyl/N-ethyl adjacent to an activating group) is 1. The monoisotopic (exact) mass is 292 g/mol. The first-order valence-electron chi connectivity index (χ1n) is 7.51. The molecule has 1 aromatic heterocycles. The first-order valence-corrected chi connectivity index (χ1v) is 7.51. The van der Waals surface area contributed by atoms with Gasteiger partial charge in [0.1, 0.15) is 5.82 Å². The van der Waals surface area contributed by atoms with Crippen LogP contribution < -0.4 is 4.90 Å². The van der Waals surface area contributed by atoms with Crippen LogP contribution in [-0.2, 0) is 4.74 Å². The third kappa shape index (κ3) is 4.70. The molecule has 5 nitrogen and oxygen atoms in total. The molecule has 0 unspecified atom stereocenters. The maximum Gasteiger partial charge on any atom is 0.335 e. The van der Waals surface area contributed by atoms with Crippen LogP contribution in [0.4, 0.5) is 5.82 Å². The second-order valence-corrected chi connectivity index (χ2v) is 6.04. The molecule has 0 bridgehead atoms. The Hall–Kier alpha value is -1.62. The summed E-state index contributed by atoms with van der Waals surface area (Å²) in [4.78, 5) is 17.7. The van der Waals surface area contributed by atoms with Crippen molar-refractivity contribution in [2.45, 2.75) is 32.6 Å². The molecule has 0 radical (unpaired) electrons. The fourth-order valence-corrected chi connectivity index (χ4v) is 2.00. The topological polar surface area (TPSA) is 62.7 Å². The second kappa shape index (κ2) is 6.89. The molecule has 1 aliphatic carbocycles. The van der Waals surface area contributed by atoms with Crippen LogP contribution in [0.15, 0.2) is 12.1 Å². The maximum atomic E-state index is 11.2. The largest absolute Gasteiger partial charge is 0.478 e. The lowest BCUT2D eigenvalue weighted by Gasteiger charge is -2.20. The minimum absolute atomic E-state index is 0.197. The van der Waals surface area contributed by atoms with Gasteiger partial charge in [-0.05, 0) is 36.8 Å². The molecule has 1 N–H and O–H groups in total. The summed E-state index contributed by atoms with van der Waals surface area (Å²) < 4.78 is 5.62. The van der Waals surface area contributed by atoms with E-state index in [0.717, 1.165) is 18.2 Å². The van der Waals surface area contributed by atoms with Gasteiger partial charge in [0.2, 0.25) is 0 Å². The van der Waals surface area contributed by atoms with Crippen LogP contribution in [0.5, 0.6) is 0 Å². The number of carboxylic acids is 1. The molecule has 5 heteroatoms. The van der Waals surface area contributed by atoms with Gasteiger partial charge < -0.3 is 14.7 Å². The predicted octanol–water partition coefficient (Wildman–Crippen LogP) is 2.77. The van der Waals surface area contributed by atoms with Gasteiger partial charge in [-0.3, -0.25) is 0 Å². The fraction of sp³-hybridized carbons (Fsp3) is 0.625. The standard InChI is InChI=1S/C16H24N2O3/c1-11(2)14-8-13(16(19)20)9-15(17-14)18(3)6-7-21-10-12-4-5-12/h8-9,11-12H,4-7,10H2,1-3H3,(H,19,20). The molecule has 1 heterocycles. The molecule has 0 saturated heterocycles. The minimum Gasteiger partial charge on any atom is -0.478 e. The molecule has 1 saturated carbocycles. The average Bonchev–Trinajstić information content (AvgIpc) is 3.26. The normalized spacial score (nSPS) is 14.5. The van der Waals surface area contributed by atoms with E-state index in [0.29, 0.717) is 19.0 Å².